The van der Waals surface area contributed by atoms with Crippen molar-refractivity contribution in [3.05, 3.63) is 55.0 Å². The number of benzene rings is 2. The highest BCUT2D eigenvalue weighted by Crippen LogP contribution is 2.34. The van der Waals surface area contributed by atoms with Gasteiger partial charge < -0.3 is 19.1 Å². The Labute approximate surface area is 205 Å². The average molecular weight is 474 g/mol. The van der Waals surface area contributed by atoms with Crippen molar-refractivity contribution in [3.63, 3.8) is 0 Å². The molecule has 1 fully saturated rings. The van der Waals surface area contributed by atoms with E-state index in [4.69, 9.17) is 19.2 Å². The van der Waals surface area contributed by atoms with Crippen molar-refractivity contribution in [1.29, 1.82) is 0 Å². The molecule has 1 unspecified atom stereocenters. The van der Waals surface area contributed by atoms with Crippen LogP contribution in [0, 0.1) is 0 Å². The minimum atomic E-state index is -0.0000227. The van der Waals surface area contributed by atoms with E-state index in [0.717, 1.165) is 84.0 Å². The Balaban J connectivity index is 1.49. The lowest BCUT2D eigenvalue weighted by atomic mass is 10.1. The van der Waals surface area contributed by atoms with E-state index in [1.54, 1.807) is 14.2 Å². The van der Waals surface area contributed by atoms with Crippen LogP contribution in [0.2, 0.25) is 0 Å². The third-order valence-electron chi connectivity index (χ3n) is 6.28. The van der Waals surface area contributed by atoms with Crippen LogP contribution in [-0.2, 0) is 4.74 Å². The first kappa shape index (κ1) is 23.1. The van der Waals surface area contributed by atoms with E-state index in [-0.39, 0.29) is 6.23 Å². The molecule has 3 heterocycles. The maximum absolute atomic E-state index is 5.86. The van der Waals surface area contributed by atoms with Gasteiger partial charge in [0.2, 0.25) is 0 Å². The first-order valence-corrected chi connectivity index (χ1v) is 12.1. The van der Waals surface area contributed by atoms with Crippen LogP contribution in [0.15, 0.2) is 55.0 Å². The number of hydrogen-bond acceptors (Lipinski definition) is 7. The minimum absolute atomic E-state index is 0.0000227. The highest BCUT2D eigenvalue weighted by atomic mass is 16.5. The quantitative estimate of drug-likeness (QED) is 0.322. The summed E-state index contributed by atoms with van der Waals surface area (Å²) in [5.41, 5.74) is 5.44. The molecule has 0 spiro atoms. The van der Waals surface area contributed by atoms with Gasteiger partial charge in [-0.05, 0) is 43.9 Å². The van der Waals surface area contributed by atoms with Crippen molar-refractivity contribution in [2.45, 2.75) is 38.8 Å². The Bertz CT molecular complexity index is 1280. The van der Waals surface area contributed by atoms with Gasteiger partial charge >= 0.3 is 0 Å². The maximum Gasteiger partial charge on any atom is 0.150 e. The van der Waals surface area contributed by atoms with Gasteiger partial charge in [-0.25, -0.2) is 9.67 Å². The zero-order valence-electron chi connectivity index (χ0n) is 20.5. The van der Waals surface area contributed by atoms with Crippen LogP contribution in [0.4, 0.5) is 11.4 Å². The molecule has 5 rings (SSSR count). The van der Waals surface area contributed by atoms with Gasteiger partial charge in [-0.1, -0.05) is 6.92 Å². The van der Waals surface area contributed by atoms with Crippen LogP contribution in [0.3, 0.4) is 0 Å². The van der Waals surface area contributed by atoms with Gasteiger partial charge in [-0.2, -0.15) is 5.10 Å². The Morgan fingerprint density at radius 2 is 1.83 bits per heavy atom. The molecule has 35 heavy (non-hydrogen) atoms. The van der Waals surface area contributed by atoms with Crippen LogP contribution in [-0.4, -0.2) is 47.1 Å². The van der Waals surface area contributed by atoms with Gasteiger partial charge in [0, 0.05) is 54.5 Å². The molecular weight excluding hydrogens is 442 g/mol. The molecule has 2 aromatic heterocycles. The average Bonchev–Trinajstić information content (AvgIpc) is 3.42. The molecule has 4 aromatic rings. The topological polar surface area (TPSA) is 74.5 Å². The Morgan fingerprint density at radius 1 is 1.00 bits per heavy atom. The lowest BCUT2D eigenvalue weighted by molar-refractivity contribution is -0.0394. The Hall–Kier alpha value is -3.65. The van der Waals surface area contributed by atoms with Crippen molar-refractivity contribution < 1.29 is 14.2 Å². The maximum atomic E-state index is 5.86. The number of rotatable bonds is 8. The van der Waals surface area contributed by atoms with Crippen molar-refractivity contribution in [2.75, 3.05) is 32.3 Å². The number of aromatic nitrogens is 4. The van der Waals surface area contributed by atoms with Crippen LogP contribution >= 0.6 is 0 Å². The number of hydrogen-bond donors (Lipinski definition) is 0. The summed E-state index contributed by atoms with van der Waals surface area (Å²) in [7, 11) is 3.33. The SMILES string of the molecule is CCCN(c1cc(OC)cc(OC)c1)c1ccc2ncc(-c3cnn(C4CCCCO4)c3)nc2c1. The molecule has 1 aliphatic heterocycles. The molecule has 1 atom stereocenters. The number of nitrogens with zero attached hydrogens (tertiary/aromatic N) is 5. The molecule has 1 saturated heterocycles. The fourth-order valence-corrected chi connectivity index (χ4v) is 4.45. The van der Waals surface area contributed by atoms with Crippen molar-refractivity contribution in [2.24, 2.45) is 0 Å². The van der Waals surface area contributed by atoms with Crippen molar-refractivity contribution in [1.82, 2.24) is 19.7 Å². The first-order valence-electron chi connectivity index (χ1n) is 12.1. The fraction of sp³-hybridized carbons (Fsp3) is 0.370. The summed E-state index contributed by atoms with van der Waals surface area (Å²) in [5.74, 6) is 1.50. The number of ether oxygens (including phenoxy) is 3. The van der Waals surface area contributed by atoms with E-state index in [0.29, 0.717) is 0 Å². The van der Waals surface area contributed by atoms with E-state index in [1.807, 2.05) is 47.5 Å². The minimum Gasteiger partial charge on any atom is -0.497 e. The zero-order chi connectivity index (χ0) is 24.2. The van der Waals surface area contributed by atoms with Crippen molar-refractivity contribution >= 4 is 22.4 Å². The molecule has 8 heteroatoms. The highest BCUT2D eigenvalue weighted by Gasteiger charge is 2.18. The molecule has 2 aromatic carbocycles. The molecule has 0 bridgehead atoms. The molecule has 0 saturated carbocycles. The number of fused-ring (bicyclic) bond motifs is 1. The molecule has 0 aliphatic carbocycles. The van der Waals surface area contributed by atoms with Gasteiger partial charge in [0.25, 0.3) is 0 Å². The number of methoxy groups -OCH3 is 2. The third kappa shape index (κ3) is 4.93. The summed E-state index contributed by atoms with van der Waals surface area (Å²) >= 11 is 0. The molecule has 0 amide bonds. The Kier molecular flexibility index (Phi) is 6.81. The first-order chi connectivity index (χ1) is 17.2. The lowest BCUT2D eigenvalue weighted by Gasteiger charge is -2.25. The largest absolute Gasteiger partial charge is 0.497 e. The molecule has 0 radical (unpaired) electrons. The standard InChI is InChI=1S/C27H31N5O3/c1-4-10-31(21-12-22(33-2)15-23(13-21)34-3)20-8-9-24-25(14-20)30-26(17-28-24)19-16-29-32(18-19)27-7-5-6-11-35-27/h8-9,12-18,27H,4-7,10-11H2,1-3H3. The van der Waals surface area contributed by atoms with E-state index in [2.05, 4.69) is 34.0 Å². The predicted molar refractivity (Wildman–Crippen MR) is 136 cm³/mol. The zero-order valence-corrected chi connectivity index (χ0v) is 20.5. The second kappa shape index (κ2) is 10.3. The predicted octanol–water partition coefficient (Wildman–Crippen LogP) is 5.76. The Morgan fingerprint density at radius 3 is 2.54 bits per heavy atom. The summed E-state index contributed by atoms with van der Waals surface area (Å²) in [4.78, 5) is 11.8. The molecule has 0 N–H and O–H groups in total. The van der Waals surface area contributed by atoms with Gasteiger partial charge in [-0.15, -0.1) is 0 Å². The van der Waals surface area contributed by atoms with Crippen LogP contribution in [0.5, 0.6) is 11.5 Å². The summed E-state index contributed by atoms with van der Waals surface area (Å²) in [6.45, 7) is 3.78. The fourth-order valence-electron chi connectivity index (χ4n) is 4.45. The summed E-state index contributed by atoms with van der Waals surface area (Å²) in [6.07, 6.45) is 9.88. The van der Waals surface area contributed by atoms with E-state index < -0.39 is 0 Å². The van der Waals surface area contributed by atoms with Gasteiger partial charge in [-0.3, -0.25) is 4.98 Å². The van der Waals surface area contributed by atoms with E-state index in [1.165, 1.54) is 0 Å². The van der Waals surface area contributed by atoms with Crippen LogP contribution in [0.1, 0.15) is 38.8 Å². The second-order valence-corrected chi connectivity index (χ2v) is 8.68. The molecule has 1 aliphatic rings. The number of anilines is 2. The normalized spacial score (nSPS) is 15.8. The molecule has 182 valence electrons. The monoisotopic (exact) mass is 473 g/mol. The molecular formula is C27H31N5O3. The van der Waals surface area contributed by atoms with Crippen LogP contribution in [0.25, 0.3) is 22.3 Å². The van der Waals surface area contributed by atoms with E-state index >= 15 is 0 Å². The molecule has 8 nitrogen and oxygen atoms in total. The highest BCUT2D eigenvalue weighted by molar-refractivity contribution is 5.82. The summed E-state index contributed by atoms with van der Waals surface area (Å²) < 4.78 is 18.8. The van der Waals surface area contributed by atoms with E-state index in [9.17, 15) is 0 Å². The lowest BCUT2D eigenvalue weighted by Crippen LogP contribution is -2.18. The smallest absolute Gasteiger partial charge is 0.150 e. The van der Waals surface area contributed by atoms with Gasteiger partial charge in [0.1, 0.15) is 17.7 Å². The third-order valence-corrected chi connectivity index (χ3v) is 6.28. The van der Waals surface area contributed by atoms with Gasteiger partial charge in [0.15, 0.2) is 0 Å². The summed E-state index contributed by atoms with van der Waals surface area (Å²) in [5, 5.41) is 4.53. The summed E-state index contributed by atoms with van der Waals surface area (Å²) in [6, 6.07) is 12.1. The second-order valence-electron chi connectivity index (χ2n) is 8.68. The van der Waals surface area contributed by atoms with Gasteiger partial charge in [0.05, 0.1) is 43.3 Å². The van der Waals surface area contributed by atoms with Crippen LogP contribution < -0.4 is 14.4 Å². The van der Waals surface area contributed by atoms with Crippen molar-refractivity contribution in [3.8, 4) is 22.8 Å².